The average molecular weight is 399 g/mol. The van der Waals surface area contributed by atoms with Gasteiger partial charge in [0.25, 0.3) is 0 Å². The summed E-state index contributed by atoms with van der Waals surface area (Å²) < 4.78 is 5.69. The van der Waals surface area contributed by atoms with Crippen molar-refractivity contribution < 1.29 is 14.0 Å². The monoisotopic (exact) mass is 398 g/mol. The minimum atomic E-state index is -0.0412. The number of aryl methyl sites for hydroxylation is 1. The number of carbonyl (C=O) groups is 2. The molecule has 1 heterocycles. The molecule has 0 saturated heterocycles. The van der Waals surface area contributed by atoms with Crippen LogP contribution in [-0.2, 0) is 22.6 Å². The first kappa shape index (κ1) is 22.7. The number of furan rings is 1. The molecule has 0 N–H and O–H groups in total. The van der Waals surface area contributed by atoms with E-state index in [4.69, 9.17) is 4.42 Å². The van der Waals surface area contributed by atoms with Crippen molar-refractivity contribution in [1.29, 1.82) is 0 Å². The first-order valence-corrected chi connectivity index (χ1v) is 10.5. The molecule has 0 unspecified atom stereocenters. The van der Waals surface area contributed by atoms with Crippen molar-refractivity contribution >= 4 is 11.8 Å². The van der Waals surface area contributed by atoms with Crippen LogP contribution in [0.25, 0.3) is 0 Å². The molecule has 5 heteroatoms. The summed E-state index contributed by atoms with van der Waals surface area (Å²) in [4.78, 5) is 29.2. The predicted molar refractivity (Wildman–Crippen MR) is 115 cm³/mol. The largest absolute Gasteiger partial charge is 0.464 e. The second-order valence-corrected chi connectivity index (χ2v) is 7.98. The topological polar surface area (TPSA) is 53.8 Å². The second-order valence-electron chi connectivity index (χ2n) is 7.98. The molecule has 158 valence electrons. The Bertz CT molecular complexity index is 767. The highest BCUT2D eigenvalue weighted by atomic mass is 16.3. The molecule has 0 aliphatic rings. The lowest BCUT2D eigenvalue weighted by atomic mass is 10.1. The van der Waals surface area contributed by atoms with Gasteiger partial charge in [-0.2, -0.15) is 0 Å². The van der Waals surface area contributed by atoms with Gasteiger partial charge in [-0.3, -0.25) is 9.59 Å². The maximum absolute atomic E-state index is 13.1. The van der Waals surface area contributed by atoms with E-state index in [9.17, 15) is 9.59 Å². The van der Waals surface area contributed by atoms with Crippen LogP contribution in [0.15, 0.2) is 46.9 Å². The van der Waals surface area contributed by atoms with E-state index in [1.54, 1.807) is 9.80 Å². The van der Waals surface area contributed by atoms with Gasteiger partial charge in [0.2, 0.25) is 11.8 Å². The fraction of sp³-hybridized carbons (Fsp3) is 0.500. The number of carbonyl (C=O) groups excluding carboxylic acids is 2. The van der Waals surface area contributed by atoms with Crippen LogP contribution in [0, 0.1) is 12.8 Å². The Morgan fingerprint density at radius 1 is 0.966 bits per heavy atom. The van der Waals surface area contributed by atoms with Crippen LogP contribution < -0.4 is 0 Å². The highest BCUT2D eigenvalue weighted by molar-refractivity contribution is 5.85. The van der Waals surface area contributed by atoms with Crippen molar-refractivity contribution in [2.24, 2.45) is 5.92 Å². The summed E-state index contributed by atoms with van der Waals surface area (Å²) in [6.07, 6.45) is 2.06. The van der Waals surface area contributed by atoms with Gasteiger partial charge in [-0.05, 0) is 43.4 Å². The SMILES string of the molecule is CCCN(CC(=O)N(CCc1ccccc1)Cc1ccc(C)o1)C(=O)CC(C)C. The molecule has 0 radical (unpaired) electrons. The summed E-state index contributed by atoms with van der Waals surface area (Å²) in [7, 11) is 0. The van der Waals surface area contributed by atoms with E-state index in [1.165, 1.54) is 5.56 Å². The van der Waals surface area contributed by atoms with Gasteiger partial charge in [-0.25, -0.2) is 0 Å². The Hall–Kier alpha value is -2.56. The summed E-state index contributed by atoms with van der Waals surface area (Å²) in [5, 5.41) is 0. The normalized spacial score (nSPS) is 10.9. The molecule has 0 bridgehead atoms. The third-order valence-corrected chi connectivity index (χ3v) is 4.76. The van der Waals surface area contributed by atoms with E-state index < -0.39 is 0 Å². The van der Waals surface area contributed by atoms with Gasteiger partial charge in [0, 0.05) is 19.5 Å². The minimum Gasteiger partial charge on any atom is -0.464 e. The van der Waals surface area contributed by atoms with Crippen molar-refractivity contribution in [3.05, 3.63) is 59.5 Å². The fourth-order valence-electron chi connectivity index (χ4n) is 3.26. The van der Waals surface area contributed by atoms with E-state index in [1.807, 2.05) is 58.0 Å². The van der Waals surface area contributed by atoms with E-state index in [-0.39, 0.29) is 24.3 Å². The summed E-state index contributed by atoms with van der Waals surface area (Å²) in [6, 6.07) is 13.9. The molecule has 0 aliphatic carbocycles. The molecule has 1 aromatic heterocycles. The van der Waals surface area contributed by atoms with Crippen LogP contribution in [0.1, 0.15) is 50.7 Å². The van der Waals surface area contributed by atoms with E-state index >= 15 is 0 Å². The van der Waals surface area contributed by atoms with Crippen molar-refractivity contribution in [3.8, 4) is 0 Å². The van der Waals surface area contributed by atoms with Gasteiger partial charge in [0.1, 0.15) is 11.5 Å². The van der Waals surface area contributed by atoms with Crippen LogP contribution >= 0.6 is 0 Å². The first-order chi connectivity index (χ1) is 13.9. The van der Waals surface area contributed by atoms with Crippen LogP contribution in [0.2, 0.25) is 0 Å². The quantitative estimate of drug-likeness (QED) is 0.562. The van der Waals surface area contributed by atoms with Crippen molar-refractivity contribution in [3.63, 3.8) is 0 Å². The van der Waals surface area contributed by atoms with Crippen molar-refractivity contribution in [2.75, 3.05) is 19.6 Å². The second kappa shape index (κ2) is 11.4. The zero-order valence-electron chi connectivity index (χ0n) is 18.2. The maximum atomic E-state index is 13.1. The number of hydrogen-bond donors (Lipinski definition) is 0. The summed E-state index contributed by atoms with van der Waals surface area (Å²) in [6.45, 7) is 9.69. The third kappa shape index (κ3) is 7.76. The van der Waals surface area contributed by atoms with Crippen molar-refractivity contribution in [2.45, 2.75) is 53.5 Å². The molecule has 29 heavy (non-hydrogen) atoms. The molecule has 0 fully saturated rings. The van der Waals surface area contributed by atoms with Crippen molar-refractivity contribution in [1.82, 2.24) is 9.80 Å². The maximum Gasteiger partial charge on any atom is 0.242 e. The molecule has 2 rings (SSSR count). The number of nitrogens with zero attached hydrogens (tertiary/aromatic N) is 2. The van der Waals surface area contributed by atoms with Gasteiger partial charge in [0.05, 0.1) is 13.1 Å². The van der Waals surface area contributed by atoms with E-state index in [2.05, 4.69) is 12.1 Å². The summed E-state index contributed by atoms with van der Waals surface area (Å²) in [5.41, 5.74) is 1.18. The number of benzene rings is 1. The molecule has 0 aliphatic heterocycles. The zero-order chi connectivity index (χ0) is 21.2. The number of amides is 2. The number of rotatable bonds is 11. The molecule has 5 nitrogen and oxygen atoms in total. The Morgan fingerprint density at radius 3 is 2.28 bits per heavy atom. The lowest BCUT2D eigenvalue weighted by Gasteiger charge is -2.27. The fourth-order valence-corrected chi connectivity index (χ4v) is 3.26. The third-order valence-electron chi connectivity index (χ3n) is 4.76. The molecule has 0 spiro atoms. The molecule has 0 atom stereocenters. The highest BCUT2D eigenvalue weighted by Crippen LogP contribution is 2.13. The van der Waals surface area contributed by atoms with Gasteiger partial charge >= 0.3 is 0 Å². The summed E-state index contributed by atoms with van der Waals surface area (Å²) >= 11 is 0. The van der Waals surface area contributed by atoms with Crippen LogP contribution in [0.5, 0.6) is 0 Å². The van der Waals surface area contributed by atoms with E-state index in [0.29, 0.717) is 26.1 Å². The lowest BCUT2D eigenvalue weighted by molar-refractivity contribution is -0.141. The Balaban J connectivity index is 2.09. The van der Waals surface area contributed by atoms with Crippen LogP contribution in [0.4, 0.5) is 0 Å². The van der Waals surface area contributed by atoms with Crippen LogP contribution in [-0.4, -0.2) is 41.2 Å². The average Bonchev–Trinajstić information content (AvgIpc) is 3.09. The molecule has 0 saturated carbocycles. The number of hydrogen-bond acceptors (Lipinski definition) is 3. The zero-order valence-corrected chi connectivity index (χ0v) is 18.2. The predicted octanol–water partition coefficient (Wildman–Crippen LogP) is 4.44. The molecular weight excluding hydrogens is 364 g/mol. The molecule has 2 amide bonds. The minimum absolute atomic E-state index is 0.0412. The highest BCUT2D eigenvalue weighted by Gasteiger charge is 2.22. The van der Waals surface area contributed by atoms with Gasteiger partial charge in [-0.1, -0.05) is 51.1 Å². The van der Waals surface area contributed by atoms with Gasteiger partial charge < -0.3 is 14.2 Å². The Morgan fingerprint density at radius 2 is 1.69 bits per heavy atom. The Labute approximate surface area is 174 Å². The van der Waals surface area contributed by atoms with E-state index in [0.717, 1.165) is 24.4 Å². The standard InChI is InChI=1S/C24H34N2O3/c1-5-14-25(23(27)16-19(2)3)18-24(28)26(17-22-12-11-20(4)29-22)15-13-21-9-7-6-8-10-21/h6-12,19H,5,13-18H2,1-4H3. The van der Waals surface area contributed by atoms with Crippen LogP contribution in [0.3, 0.4) is 0 Å². The van der Waals surface area contributed by atoms with Gasteiger partial charge in [-0.15, -0.1) is 0 Å². The molecule has 1 aromatic carbocycles. The molecular formula is C24H34N2O3. The first-order valence-electron chi connectivity index (χ1n) is 10.5. The lowest BCUT2D eigenvalue weighted by Crippen LogP contribution is -2.43. The van der Waals surface area contributed by atoms with Gasteiger partial charge in [0.15, 0.2) is 0 Å². The molecule has 2 aromatic rings. The Kier molecular flexibility index (Phi) is 8.97. The summed E-state index contributed by atoms with van der Waals surface area (Å²) in [5.74, 6) is 1.87. The smallest absolute Gasteiger partial charge is 0.242 e.